The minimum Gasteiger partial charge on any atom is -0.480 e. The largest absolute Gasteiger partial charge is 0.480 e. The van der Waals surface area contributed by atoms with Gasteiger partial charge in [0.05, 0.1) is 11.7 Å². The van der Waals surface area contributed by atoms with Gasteiger partial charge in [-0.25, -0.2) is 4.79 Å². The fraction of sp³-hybridized carbons (Fsp3) is 0.786. The van der Waals surface area contributed by atoms with Crippen molar-refractivity contribution in [3.8, 4) is 0 Å². The predicted octanol–water partition coefficient (Wildman–Crippen LogP) is 0.546. The van der Waals surface area contributed by atoms with Crippen LogP contribution in [0.15, 0.2) is 0 Å². The van der Waals surface area contributed by atoms with Gasteiger partial charge in [-0.2, -0.15) is 11.8 Å². The van der Waals surface area contributed by atoms with E-state index in [1.54, 1.807) is 0 Å². The predicted molar refractivity (Wildman–Crippen MR) is 81.5 cm³/mol. The molecule has 0 aromatic heterocycles. The molecule has 0 aromatic rings. The number of thioether (sulfide) groups is 1. The summed E-state index contributed by atoms with van der Waals surface area (Å²) in [5.41, 5.74) is 0. The number of aliphatic hydroxyl groups is 1. The first kappa shape index (κ1) is 18.8. The van der Waals surface area contributed by atoms with Gasteiger partial charge in [-0.15, -0.1) is 0 Å². The summed E-state index contributed by atoms with van der Waals surface area (Å²) in [6.07, 6.45) is 3.20. The number of ether oxygens (including phenoxy) is 1. The van der Waals surface area contributed by atoms with Crippen LogP contribution in [0.3, 0.4) is 0 Å². The van der Waals surface area contributed by atoms with Crippen LogP contribution in [0.25, 0.3) is 0 Å². The number of hydrogen-bond donors (Lipinski definition) is 3. The van der Waals surface area contributed by atoms with Crippen LogP contribution in [-0.4, -0.2) is 57.8 Å². The van der Waals surface area contributed by atoms with Gasteiger partial charge in [0.2, 0.25) is 5.91 Å². The molecule has 0 aromatic carbocycles. The van der Waals surface area contributed by atoms with Crippen LogP contribution in [-0.2, 0) is 19.1 Å². The summed E-state index contributed by atoms with van der Waals surface area (Å²) >= 11 is 1.35. The van der Waals surface area contributed by atoms with Crippen molar-refractivity contribution >= 4 is 29.6 Å². The Morgan fingerprint density at radius 2 is 2.14 bits per heavy atom. The number of rotatable bonds is 10. The van der Waals surface area contributed by atoms with Crippen LogP contribution in [0.1, 0.15) is 39.0 Å². The van der Waals surface area contributed by atoms with Gasteiger partial charge in [0.25, 0.3) is 0 Å². The zero-order valence-corrected chi connectivity index (χ0v) is 13.4. The van der Waals surface area contributed by atoms with E-state index in [0.717, 1.165) is 19.3 Å². The summed E-state index contributed by atoms with van der Waals surface area (Å²) in [5, 5.41) is 20.1. The Labute approximate surface area is 133 Å². The average molecular weight is 333 g/mol. The number of unbranched alkanes of at least 4 members (excludes halogenated alkanes) is 2. The van der Waals surface area contributed by atoms with Gasteiger partial charge in [-0.3, -0.25) is 9.59 Å². The highest BCUT2D eigenvalue weighted by atomic mass is 32.2. The lowest BCUT2D eigenvalue weighted by Gasteiger charge is -2.19. The quantitative estimate of drug-likeness (QED) is 0.395. The number of carbonyl (C=O) groups excluding carboxylic acids is 2. The number of carbonyl (C=O) groups is 3. The van der Waals surface area contributed by atoms with E-state index in [0.29, 0.717) is 6.42 Å². The Kier molecular flexibility index (Phi) is 8.26. The van der Waals surface area contributed by atoms with Crippen molar-refractivity contribution in [2.75, 3.05) is 12.4 Å². The molecule has 1 amide bonds. The fourth-order valence-electron chi connectivity index (χ4n) is 2.27. The molecule has 1 aliphatic rings. The van der Waals surface area contributed by atoms with Gasteiger partial charge in [0.15, 0.2) is 0 Å². The summed E-state index contributed by atoms with van der Waals surface area (Å²) in [6.45, 7) is 1.42. The molecule has 0 spiro atoms. The number of aliphatic hydroxyl groups excluding tert-OH is 1. The molecule has 1 saturated heterocycles. The highest BCUT2D eigenvalue weighted by molar-refractivity contribution is 8.00. The smallest absolute Gasteiger partial charge is 0.327 e. The molecular weight excluding hydrogens is 310 g/mol. The van der Waals surface area contributed by atoms with E-state index in [1.807, 2.05) is 0 Å². The molecule has 22 heavy (non-hydrogen) atoms. The van der Waals surface area contributed by atoms with Crippen molar-refractivity contribution in [3.63, 3.8) is 0 Å². The van der Waals surface area contributed by atoms with Crippen LogP contribution in [0.4, 0.5) is 0 Å². The maximum atomic E-state index is 11.4. The molecule has 3 atom stereocenters. The first-order chi connectivity index (χ1) is 10.4. The molecule has 0 saturated carbocycles. The fourth-order valence-corrected chi connectivity index (χ4v) is 3.60. The molecule has 8 heteroatoms. The monoisotopic (exact) mass is 333 g/mol. The molecular formula is C14H23NO6S. The molecule has 126 valence electrons. The van der Waals surface area contributed by atoms with Gasteiger partial charge >= 0.3 is 11.9 Å². The van der Waals surface area contributed by atoms with E-state index in [-0.39, 0.29) is 36.1 Å². The lowest BCUT2D eigenvalue weighted by Crippen LogP contribution is -2.42. The molecule has 0 unspecified atom stereocenters. The average Bonchev–Trinajstić information content (AvgIpc) is 2.79. The van der Waals surface area contributed by atoms with Gasteiger partial charge in [0, 0.05) is 19.3 Å². The van der Waals surface area contributed by atoms with E-state index in [1.165, 1.54) is 18.7 Å². The van der Waals surface area contributed by atoms with E-state index in [9.17, 15) is 14.4 Å². The van der Waals surface area contributed by atoms with Crippen molar-refractivity contribution in [3.05, 3.63) is 0 Å². The van der Waals surface area contributed by atoms with Gasteiger partial charge in [0.1, 0.15) is 12.1 Å². The van der Waals surface area contributed by atoms with E-state index in [4.69, 9.17) is 14.9 Å². The number of carboxylic acid groups (broad SMARTS) is 1. The number of cyclic esters (lactones) is 1. The molecule has 0 bridgehead atoms. The second-order valence-electron chi connectivity index (χ2n) is 5.27. The number of nitrogens with one attached hydrogen (secondary N) is 1. The second kappa shape index (κ2) is 9.68. The highest BCUT2D eigenvalue weighted by Crippen LogP contribution is 2.31. The van der Waals surface area contributed by atoms with Gasteiger partial charge < -0.3 is 20.3 Å². The minimum absolute atomic E-state index is 0.0859. The standard InChI is InChI=1S/C14H23NO6S/c1-9(17)15-10(14(19)20)8-22-12-7-13(18)21-11(12)5-3-2-4-6-16/h10-12,16H,2-8H2,1H3,(H,15,17)(H,19,20)/t10-,11-,12+/m0/s1. The van der Waals surface area contributed by atoms with E-state index in [2.05, 4.69) is 5.32 Å². The molecule has 0 radical (unpaired) electrons. The van der Waals surface area contributed by atoms with Gasteiger partial charge in [-0.1, -0.05) is 6.42 Å². The second-order valence-corrected chi connectivity index (χ2v) is 6.54. The van der Waals surface area contributed by atoms with Crippen LogP contribution >= 0.6 is 11.8 Å². The van der Waals surface area contributed by atoms with Crippen LogP contribution in [0, 0.1) is 0 Å². The topological polar surface area (TPSA) is 113 Å². The van der Waals surface area contributed by atoms with Crippen molar-refractivity contribution in [1.82, 2.24) is 5.32 Å². The minimum atomic E-state index is -1.09. The van der Waals surface area contributed by atoms with Gasteiger partial charge in [-0.05, 0) is 19.3 Å². The Morgan fingerprint density at radius 1 is 1.41 bits per heavy atom. The van der Waals surface area contributed by atoms with Crippen LogP contribution in [0.2, 0.25) is 0 Å². The van der Waals surface area contributed by atoms with Crippen molar-refractivity contribution < 1.29 is 29.3 Å². The number of esters is 1. The third kappa shape index (κ3) is 6.65. The number of aliphatic carboxylic acids is 1. The number of amides is 1. The first-order valence-corrected chi connectivity index (χ1v) is 8.40. The lowest BCUT2D eigenvalue weighted by molar-refractivity contribution is -0.142. The third-order valence-corrected chi connectivity index (χ3v) is 4.79. The van der Waals surface area contributed by atoms with Crippen LogP contribution < -0.4 is 5.32 Å². The van der Waals surface area contributed by atoms with E-state index >= 15 is 0 Å². The van der Waals surface area contributed by atoms with Crippen molar-refractivity contribution in [1.29, 1.82) is 0 Å². The molecule has 0 aliphatic carbocycles. The van der Waals surface area contributed by atoms with Crippen LogP contribution in [0.5, 0.6) is 0 Å². The normalized spacial score (nSPS) is 22.2. The molecule has 1 rings (SSSR count). The summed E-state index contributed by atoms with van der Waals surface area (Å²) < 4.78 is 5.27. The molecule has 7 nitrogen and oxygen atoms in total. The maximum Gasteiger partial charge on any atom is 0.327 e. The molecule has 1 aliphatic heterocycles. The molecule has 3 N–H and O–H groups in total. The summed E-state index contributed by atoms with van der Waals surface area (Å²) in [7, 11) is 0. The maximum absolute atomic E-state index is 11.4. The Bertz CT molecular complexity index is 403. The summed E-state index contributed by atoms with van der Waals surface area (Å²) in [6, 6.07) is -0.965. The number of hydrogen-bond acceptors (Lipinski definition) is 6. The van der Waals surface area contributed by atoms with Crippen molar-refractivity contribution in [2.24, 2.45) is 0 Å². The Hall–Kier alpha value is -1.28. The zero-order valence-electron chi connectivity index (χ0n) is 12.6. The third-order valence-electron chi connectivity index (χ3n) is 3.36. The van der Waals surface area contributed by atoms with E-state index < -0.39 is 17.9 Å². The molecule has 1 fully saturated rings. The Morgan fingerprint density at radius 3 is 2.73 bits per heavy atom. The SMILES string of the molecule is CC(=O)N[C@@H](CS[C@@H]1CC(=O)O[C@H]1CCCCCO)C(=O)O. The summed E-state index contributed by atoms with van der Waals surface area (Å²) in [5.74, 6) is -1.56. The van der Waals surface area contributed by atoms with Crippen molar-refractivity contribution in [2.45, 2.75) is 56.4 Å². The zero-order chi connectivity index (χ0) is 16.5. The highest BCUT2D eigenvalue weighted by Gasteiger charge is 2.35. The molecule has 1 heterocycles. The lowest BCUT2D eigenvalue weighted by atomic mass is 10.1. The number of carboxylic acids is 1. The Balaban J connectivity index is 2.44. The summed E-state index contributed by atoms with van der Waals surface area (Å²) in [4.78, 5) is 33.5. The first-order valence-electron chi connectivity index (χ1n) is 7.36.